The molecular formula is C14H14N6O. The fourth-order valence-electron chi connectivity index (χ4n) is 1.96. The van der Waals surface area contributed by atoms with Gasteiger partial charge in [-0.3, -0.25) is 4.98 Å². The van der Waals surface area contributed by atoms with Gasteiger partial charge in [0.05, 0.1) is 12.8 Å². The Labute approximate surface area is 121 Å². The Bertz CT molecular complexity index is 749. The zero-order chi connectivity index (χ0) is 14.7. The van der Waals surface area contributed by atoms with Gasteiger partial charge in [-0.2, -0.15) is 15.0 Å². The molecule has 2 heterocycles. The van der Waals surface area contributed by atoms with Crippen molar-refractivity contribution in [2.45, 2.75) is 0 Å². The second-order valence-electron chi connectivity index (χ2n) is 4.25. The van der Waals surface area contributed by atoms with E-state index < -0.39 is 0 Å². The summed E-state index contributed by atoms with van der Waals surface area (Å²) in [4.78, 5) is 16.7. The average Bonchev–Trinajstić information content (AvgIpc) is 2.55. The molecule has 2 N–H and O–H groups in total. The summed E-state index contributed by atoms with van der Waals surface area (Å²) >= 11 is 0. The highest BCUT2D eigenvalue weighted by atomic mass is 16.5. The molecule has 0 amide bonds. The third kappa shape index (κ3) is 2.66. The van der Waals surface area contributed by atoms with Gasteiger partial charge in [0, 0.05) is 24.8 Å². The van der Waals surface area contributed by atoms with E-state index >= 15 is 0 Å². The number of fused-ring (bicyclic) bond motifs is 1. The van der Waals surface area contributed by atoms with Crippen molar-refractivity contribution >= 4 is 28.4 Å². The van der Waals surface area contributed by atoms with Crippen molar-refractivity contribution in [3.63, 3.8) is 0 Å². The normalized spacial score (nSPS) is 10.4. The Morgan fingerprint density at radius 2 is 1.90 bits per heavy atom. The molecule has 0 fully saturated rings. The minimum Gasteiger partial charge on any atom is -0.467 e. The van der Waals surface area contributed by atoms with Crippen molar-refractivity contribution in [2.75, 3.05) is 24.8 Å². The van der Waals surface area contributed by atoms with Crippen molar-refractivity contribution in [2.24, 2.45) is 0 Å². The first kappa shape index (κ1) is 13.0. The lowest BCUT2D eigenvalue weighted by Crippen LogP contribution is -2.05. The zero-order valence-electron chi connectivity index (χ0n) is 11.7. The van der Waals surface area contributed by atoms with E-state index in [0.717, 1.165) is 16.5 Å². The molecule has 0 atom stereocenters. The van der Waals surface area contributed by atoms with Crippen LogP contribution in [0.15, 0.2) is 36.7 Å². The van der Waals surface area contributed by atoms with Crippen LogP contribution < -0.4 is 15.4 Å². The highest BCUT2D eigenvalue weighted by Crippen LogP contribution is 2.25. The van der Waals surface area contributed by atoms with E-state index in [9.17, 15) is 0 Å². The standard InChI is InChI=1S/C14H14N6O/c1-15-12-18-13(20-14(19-12)21-2)17-11-5-3-4-9-6-7-16-8-10(9)11/h3-8H,1-2H3,(H2,15,17,18,19,20). The maximum absolute atomic E-state index is 5.07. The fraction of sp³-hybridized carbons (Fsp3) is 0.143. The van der Waals surface area contributed by atoms with Crippen molar-refractivity contribution in [1.29, 1.82) is 0 Å². The molecule has 106 valence electrons. The summed E-state index contributed by atoms with van der Waals surface area (Å²) in [5.41, 5.74) is 0.871. The monoisotopic (exact) mass is 282 g/mol. The van der Waals surface area contributed by atoms with Crippen LogP contribution in [0, 0.1) is 0 Å². The Kier molecular flexibility index (Phi) is 3.46. The van der Waals surface area contributed by atoms with Crippen LogP contribution in [0.25, 0.3) is 10.8 Å². The molecular weight excluding hydrogens is 268 g/mol. The van der Waals surface area contributed by atoms with Crippen molar-refractivity contribution in [3.8, 4) is 6.01 Å². The number of nitrogens with one attached hydrogen (secondary N) is 2. The van der Waals surface area contributed by atoms with Crippen LogP contribution in [0.5, 0.6) is 6.01 Å². The molecule has 0 bridgehead atoms. The Hall–Kier alpha value is -2.96. The maximum atomic E-state index is 5.07. The Morgan fingerprint density at radius 1 is 1.05 bits per heavy atom. The molecule has 0 aliphatic carbocycles. The van der Waals surface area contributed by atoms with Gasteiger partial charge in [-0.1, -0.05) is 12.1 Å². The van der Waals surface area contributed by atoms with Crippen LogP contribution in [0.4, 0.5) is 17.6 Å². The van der Waals surface area contributed by atoms with Crippen LogP contribution in [0.2, 0.25) is 0 Å². The first-order valence-electron chi connectivity index (χ1n) is 6.38. The predicted octanol–water partition coefficient (Wildman–Crippen LogP) is 2.21. The second-order valence-corrected chi connectivity index (χ2v) is 4.25. The number of hydrogen-bond acceptors (Lipinski definition) is 7. The lowest BCUT2D eigenvalue weighted by molar-refractivity contribution is 0.379. The minimum atomic E-state index is 0.246. The van der Waals surface area contributed by atoms with Crippen LogP contribution in [0.3, 0.4) is 0 Å². The first-order chi connectivity index (χ1) is 10.3. The van der Waals surface area contributed by atoms with Crippen LogP contribution in [0.1, 0.15) is 0 Å². The van der Waals surface area contributed by atoms with Crippen molar-refractivity contribution < 1.29 is 4.74 Å². The Balaban J connectivity index is 2.02. The summed E-state index contributed by atoms with van der Waals surface area (Å²) in [6.45, 7) is 0. The average molecular weight is 282 g/mol. The van der Waals surface area contributed by atoms with Crippen molar-refractivity contribution in [3.05, 3.63) is 36.7 Å². The lowest BCUT2D eigenvalue weighted by Gasteiger charge is -2.09. The summed E-state index contributed by atoms with van der Waals surface area (Å²) in [5, 5.41) is 8.12. The van der Waals surface area contributed by atoms with Gasteiger partial charge in [-0.25, -0.2) is 0 Å². The van der Waals surface area contributed by atoms with Crippen LogP contribution >= 0.6 is 0 Å². The summed E-state index contributed by atoms with van der Waals surface area (Å²) in [6.07, 6.45) is 3.56. The Morgan fingerprint density at radius 3 is 2.71 bits per heavy atom. The van der Waals surface area contributed by atoms with Gasteiger partial charge < -0.3 is 15.4 Å². The minimum absolute atomic E-state index is 0.246. The molecule has 7 heteroatoms. The highest BCUT2D eigenvalue weighted by molar-refractivity contribution is 5.94. The number of rotatable bonds is 4. The van der Waals surface area contributed by atoms with Gasteiger partial charge >= 0.3 is 6.01 Å². The molecule has 0 saturated heterocycles. The molecule has 21 heavy (non-hydrogen) atoms. The topological polar surface area (TPSA) is 84.9 Å². The third-order valence-corrected chi connectivity index (χ3v) is 2.95. The zero-order valence-corrected chi connectivity index (χ0v) is 11.7. The second kappa shape index (κ2) is 5.58. The number of nitrogens with zero attached hydrogens (tertiary/aromatic N) is 4. The van der Waals surface area contributed by atoms with Crippen molar-refractivity contribution in [1.82, 2.24) is 19.9 Å². The molecule has 3 aromatic rings. The number of hydrogen-bond donors (Lipinski definition) is 2. The van der Waals surface area contributed by atoms with Gasteiger partial charge in [0.2, 0.25) is 11.9 Å². The predicted molar refractivity (Wildman–Crippen MR) is 81.0 cm³/mol. The van der Waals surface area contributed by atoms with Gasteiger partial charge in [-0.05, 0) is 17.5 Å². The number of benzene rings is 1. The quantitative estimate of drug-likeness (QED) is 0.758. The third-order valence-electron chi connectivity index (χ3n) is 2.95. The highest BCUT2D eigenvalue weighted by Gasteiger charge is 2.07. The molecule has 0 aliphatic heterocycles. The number of methoxy groups -OCH3 is 1. The molecule has 3 rings (SSSR count). The lowest BCUT2D eigenvalue weighted by atomic mass is 10.1. The largest absolute Gasteiger partial charge is 0.467 e. The molecule has 1 aromatic carbocycles. The molecule has 7 nitrogen and oxygen atoms in total. The van der Waals surface area contributed by atoms with E-state index in [0.29, 0.717) is 11.9 Å². The van der Waals surface area contributed by atoms with E-state index in [1.54, 1.807) is 19.4 Å². The van der Waals surface area contributed by atoms with E-state index in [4.69, 9.17) is 4.74 Å². The van der Waals surface area contributed by atoms with Gasteiger partial charge in [0.15, 0.2) is 0 Å². The summed E-state index contributed by atoms with van der Waals surface area (Å²) in [7, 11) is 3.25. The number of pyridine rings is 1. The maximum Gasteiger partial charge on any atom is 0.322 e. The van der Waals surface area contributed by atoms with Crippen LogP contribution in [-0.2, 0) is 0 Å². The molecule has 0 aliphatic rings. The van der Waals surface area contributed by atoms with E-state index in [1.807, 2.05) is 24.3 Å². The summed E-state index contributed by atoms with van der Waals surface area (Å²) in [6, 6.07) is 8.12. The fourth-order valence-corrected chi connectivity index (χ4v) is 1.96. The van der Waals surface area contributed by atoms with E-state index in [1.165, 1.54) is 7.11 Å². The molecule has 0 unspecified atom stereocenters. The van der Waals surface area contributed by atoms with Gasteiger partial charge in [0.1, 0.15) is 0 Å². The SMILES string of the molecule is CNc1nc(Nc2cccc3ccncc23)nc(OC)n1. The molecule has 2 aromatic heterocycles. The number of anilines is 3. The molecule has 0 radical (unpaired) electrons. The van der Waals surface area contributed by atoms with Gasteiger partial charge in [-0.15, -0.1) is 0 Å². The first-order valence-corrected chi connectivity index (χ1v) is 6.38. The number of ether oxygens (including phenoxy) is 1. The smallest absolute Gasteiger partial charge is 0.322 e. The van der Waals surface area contributed by atoms with Crippen LogP contribution in [-0.4, -0.2) is 34.1 Å². The summed E-state index contributed by atoms with van der Waals surface area (Å²) in [5.74, 6) is 0.838. The molecule has 0 saturated carbocycles. The molecule has 0 spiro atoms. The number of aromatic nitrogens is 4. The van der Waals surface area contributed by atoms with E-state index in [2.05, 4.69) is 30.6 Å². The summed E-state index contributed by atoms with van der Waals surface area (Å²) < 4.78 is 5.07. The van der Waals surface area contributed by atoms with Gasteiger partial charge in [0.25, 0.3) is 0 Å². The van der Waals surface area contributed by atoms with E-state index in [-0.39, 0.29) is 6.01 Å².